The maximum atomic E-state index is 5.98. The average molecular weight is 269 g/mol. The predicted octanol–water partition coefficient (Wildman–Crippen LogP) is 3.16. The lowest BCUT2D eigenvalue weighted by Crippen LogP contribution is -2.19. The molecule has 1 saturated heterocycles. The van der Waals surface area contributed by atoms with Gasteiger partial charge in [0.05, 0.1) is 5.02 Å². The van der Waals surface area contributed by atoms with Gasteiger partial charge in [-0.1, -0.05) is 23.2 Å². The van der Waals surface area contributed by atoms with Crippen LogP contribution in [0, 0.1) is 0 Å². The van der Waals surface area contributed by atoms with E-state index in [1.54, 1.807) is 12.1 Å². The fraction of sp³-hybridized carbons (Fsp3) is 0.400. The summed E-state index contributed by atoms with van der Waals surface area (Å²) in [6, 6.07) is 5.29. The van der Waals surface area contributed by atoms with Gasteiger partial charge in [-0.15, -0.1) is 12.4 Å². The number of benzene rings is 1. The Morgan fingerprint density at radius 3 is 2.73 bits per heavy atom. The van der Waals surface area contributed by atoms with Gasteiger partial charge in [0.15, 0.2) is 0 Å². The fourth-order valence-electron chi connectivity index (χ4n) is 1.48. The summed E-state index contributed by atoms with van der Waals surface area (Å²) in [6.07, 6.45) is 1.26. The second-order valence-corrected chi connectivity index (χ2v) is 4.15. The van der Waals surface area contributed by atoms with Crippen molar-refractivity contribution < 1.29 is 4.74 Å². The van der Waals surface area contributed by atoms with Crippen LogP contribution >= 0.6 is 35.6 Å². The molecule has 0 aromatic heterocycles. The van der Waals surface area contributed by atoms with E-state index < -0.39 is 0 Å². The van der Waals surface area contributed by atoms with E-state index in [0.717, 1.165) is 19.5 Å². The molecule has 1 N–H and O–H groups in total. The smallest absolute Gasteiger partial charge is 0.138 e. The number of nitrogens with one attached hydrogen (secondary N) is 1. The van der Waals surface area contributed by atoms with Crippen molar-refractivity contribution in [3.8, 4) is 5.75 Å². The van der Waals surface area contributed by atoms with Gasteiger partial charge in [-0.05, 0) is 31.2 Å². The number of ether oxygens (including phenoxy) is 1. The molecule has 1 heterocycles. The molecule has 0 spiro atoms. The first kappa shape index (κ1) is 12.9. The molecule has 1 unspecified atom stereocenters. The van der Waals surface area contributed by atoms with Crippen LogP contribution in [0.1, 0.15) is 6.42 Å². The van der Waals surface area contributed by atoms with Gasteiger partial charge in [-0.25, -0.2) is 0 Å². The molecule has 15 heavy (non-hydrogen) atoms. The Balaban J connectivity index is 0.00000112. The molecule has 1 aromatic rings. The van der Waals surface area contributed by atoms with E-state index in [-0.39, 0.29) is 18.5 Å². The highest BCUT2D eigenvalue weighted by molar-refractivity contribution is 6.35. The zero-order valence-corrected chi connectivity index (χ0v) is 10.3. The van der Waals surface area contributed by atoms with Crippen LogP contribution in [0.4, 0.5) is 0 Å². The molecule has 2 rings (SSSR count). The lowest BCUT2D eigenvalue weighted by Gasteiger charge is -2.13. The first-order valence-corrected chi connectivity index (χ1v) is 5.34. The Bertz CT molecular complexity index is 326. The molecule has 1 aromatic carbocycles. The number of hydrogen-bond acceptors (Lipinski definition) is 2. The SMILES string of the molecule is Cl.Clc1ccc(OC2CCNC2)c(Cl)c1. The molecule has 84 valence electrons. The van der Waals surface area contributed by atoms with Gasteiger partial charge in [-0.3, -0.25) is 0 Å². The minimum absolute atomic E-state index is 0. The molecule has 0 bridgehead atoms. The van der Waals surface area contributed by atoms with Crippen molar-refractivity contribution in [1.82, 2.24) is 5.32 Å². The second kappa shape index (κ2) is 5.80. The van der Waals surface area contributed by atoms with Crippen LogP contribution < -0.4 is 10.1 Å². The average Bonchev–Trinajstić information content (AvgIpc) is 2.62. The van der Waals surface area contributed by atoms with E-state index in [0.29, 0.717) is 15.8 Å². The summed E-state index contributed by atoms with van der Waals surface area (Å²) in [5, 5.41) is 4.43. The molecule has 0 aliphatic carbocycles. The summed E-state index contributed by atoms with van der Waals surface area (Å²) in [5.74, 6) is 0.713. The summed E-state index contributed by atoms with van der Waals surface area (Å²) < 4.78 is 5.71. The molecule has 1 aliphatic heterocycles. The molecule has 1 atom stereocenters. The molecule has 2 nitrogen and oxygen atoms in total. The Hall–Kier alpha value is -0.150. The first-order chi connectivity index (χ1) is 6.75. The highest BCUT2D eigenvalue weighted by atomic mass is 35.5. The van der Waals surface area contributed by atoms with E-state index in [1.165, 1.54) is 0 Å². The van der Waals surface area contributed by atoms with Gasteiger partial charge in [0, 0.05) is 11.6 Å². The number of rotatable bonds is 2. The monoisotopic (exact) mass is 267 g/mol. The summed E-state index contributed by atoms with van der Waals surface area (Å²) in [4.78, 5) is 0. The van der Waals surface area contributed by atoms with E-state index >= 15 is 0 Å². The van der Waals surface area contributed by atoms with E-state index in [9.17, 15) is 0 Å². The van der Waals surface area contributed by atoms with Crippen molar-refractivity contribution in [1.29, 1.82) is 0 Å². The van der Waals surface area contributed by atoms with Gasteiger partial charge in [0.25, 0.3) is 0 Å². The Labute approximate surface area is 105 Å². The highest BCUT2D eigenvalue weighted by Crippen LogP contribution is 2.28. The third-order valence-electron chi connectivity index (χ3n) is 2.20. The zero-order valence-electron chi connectivity index (χ0n) is 8.00. The molecular formula is C10H12Cl3NO. The quantitative estimate of drug-likeness (QED) is 0.890. The van der Waals surface area contributed by atoms with Gasteiger partial charge < -0.3 is 10.1 Å². The van der Waals surface area contributed by atoms with Crippen molar-refractivity contribution in [2.75, 3.05) is 13.1 Å². The zero-order chi connectivity index (χ0) is 9.97. The summed E-state index contributed by atoms with van der Waals surface area (Å²) in [5.41, 5.74) is 0. The molecule has 0 radical (unpaired) electrons. The van der Waals surface area contributed by atoms with Crippen molar-refractivity contribution in [3.63, 3.8) is 0 Å². The highest BCUT2D eigenvalue weighted by Gasteiger charge is 2.16. The predicted molar refractivity (Wildman–Crippen MR) is 65.6 cm³/mol. The summed E-state index contributed by atoms with van der Waals surface area (Å²) in [6.45, 7) is 1.90. The molecular weight excluding hydrogens is 256 g/mol. The third kappa shape index (κ3) is 3.42. The standard InChI is InChI=1S/C10H11Cl2NO.ClH/c11-7-1-2-10(9(12)5-7)14-8-3-4-13-6-8;/h1-2,5,8,13H,3-4,6H2;1H. The Morgan fingerprint density at radius 1 is 1.33 bits per heavy atom. The van der Waals surface area contributed by atoms with Crippen molar-refractivity contribution in [3.05, 3.63) is 28.2 Å². The fourth-order valence-corrected chi connectivity index (χ4v) is 1.93. The largest absolute Gasteiger partial charge is 0.487 e. The Morgan fingerprint density at radius 2 is 2.13 bits per heavy atom. The van der Waals surface area contributed by atoms with E-state index in [4.69, 9.17) is 27.9 Å². The van der Waals surface area contributed by atoms with E-state index in [1.807, 2.05) is 6.07 Å². The van der Waals surface area contributed by atoms with Crippen molar-refractivity contribution in [2.24, 2.45) is 0 Å². The maximum absolute atomic E-state index is 5.98. The first-order valence-electron chi connectivity index (χ1n) is 4.58. The molecule has 1 aliphatic rings. The summed E-state index contributed by atoms with van der Waals surface area (Å²) >= 11 is 11.8. The summed E-state index contributed by atoms with van der Waals surface area (Å²) in [7, 11) is 0. The van der Waals surface area contributed by atoms with Crippen LogP contribution in [0.2, 0.25) is 10.0 Å². The normalized spacial score (nSPS) is 19.7. The van der Waals surface area contributed by atoms with Crippen molar-refractivity contribution in [2.45, 2.75) is 12.5 Å². The van der Waals surface area contributed by atoms with Crippen LogP contribution in [0.15, 0.2) is 18.2 Å². The topological polar surface area (TPSA) is 21.3 Å². The lowest BCUT2D eigenvalue weighted by molar-refractivity contribution is 0.223. The molecule has 0 saturated carbocycles. The third-order valence-corrected chi connectivity index (χ3v) is 2.73. The minimum Gasteiger partial charge on any atom is -0.487 e. The van der Waals surface area contributed by atoms with Gasteiger partial charge in [-0.2, -0.15) is 0 Å². The van der Waals surface area contributed by atoms with Crippen LogP contribution in [0.5, 0.6) is 5.75 Å². The Kier molecular flexibility index (Phi) is 5.00. The van der Waals surface area contributed by atoms with Crippen LogP contribution in [-0.4, -0.2) is 19.2 Å². The van der Waals surface area contributed by atoms with Crippen molar-refractivity contribution >= 4 is 35.6 Å². The maximum Gasteiger partial charge on any atom is 0.138 e. The second-order valence-electron chi connectivity index (χ2n) is 3.31. The molecule has 0 amide bonds. The minimum atomic E-state index is 0. The number of hydrogen-bond donors (Lipinski definition) is 1. The van der Waals surface area contributed by atoms with Crippen LogP contribution in [0.3, 0.4) is 0 Å². The molecule has 1 fully saturated rings. The lowest BCUT2D eigenvalue weighted by atomic mass is 10.3. The van der Waals surface area contributed by atoms with Gasteiger partial charge >= 0.3 is 0 Å². The molecule has 5 heteroatoms. The van der Waals surface area contributed by atoms with Gasteiger partial charge in [0.2, 0.25) is 0 Å². The van der Waals surface area contributed by atoms with Crippen LogP contribution in [0.25, 0.3) is 0 Å². The number of halogens is 3. The van der Waals surface area contributed by atoms with E-state index in [2.05, 4.69) is 5.32 Å². The van der Waals surface area contributed by atoms with Crippen LogP contribution in [-0.2, 0) is 0 Å². The van der Waals surface area contributed by atoms with Gasteiger partial charge in [0.1, 0.15) is 11.9 Å².